The lowest BCUT2D eigenvalue weighted by molar-refractivity contribution is -0.115. The molecule has 3 nitrogen and oxygen atoms in total. The van der Waals surface area contributed by atoms with E-state index in [9.17, 15) is 9.18 Å². The maximum absolute atomic E-state index is 13.0. The van der Waals surface area contributed by atoms with Crippen molar-refractivity contribution >= 4 is 17.3 Å². The SMILES string of the molecule is C=CCNc1ccc(NC(=O)Cc2cccc(F)c2)cc1. The van der Waals surface area contributed by atoms with Gasteiger partial charge in [0.2, 0.25) is 5.91 Å². The monoisotopic (exact) mass is 284 g/mol. The molecule has 0 heterocycles. The first-order valence-corrected chi connectivity index (χ1v) is 6.66. The summed E-state index contributed by atoms with van der Waals surface area (Å²) in [4.78, 5) is 11.9. The van der Waals surface area contributed by atoms with Crippen LogP contribution < -0.4 is 10.6 Å². The van der Waals surface area contributed by atoms with Crippen LogP contribution in [0.3, 0.4) is 0 Å². The lowest BCUT2D eigenvalue weighted by Gasteiger charge is -2.07. The quantitative estimate of drug-likeness (QED) is 0.796. The van der Waals surface area contributed by atoms with Crippen LogP contribution in [0.25, 0.3) is 0 Å². The summed E-state index contributed by atoms with van der Waals surface area (Å²) in [6.45, 7) is 4.32. The van der Waals surface area contributed by atoms with Crippen molar-refractivity contribution in [1.82, 2.24) is 0 Å². The van der Waals surface area contributed by atoms with Gasteiger partial charge in [0, 0.05) is 17.9 Å². The minimum atomic E-state index is -0.335. The summed E-state index contributed by atoms with van der Waals surface area (Å²) in [6.07, 6.45) is 1.92. The van der Waals surface area contributed by atoms with Crippen LogP contribution in [0.4, 0.5) is 15.8 Å². The molecule has 2 aromatic carbocycles. The molecule has 0 unspecified atom stereocenters. The molecule has 2 N–H and O–H groups in total. The van der Waals surface area contributed by atoms with Crippen LogP contribution in [-0.2, 0) is 11.2 Å². The summed E-state index contributed by atoms with van der Waals surface area (Å²) in [5, 5.41) is 5.93. The molecule has 0 radical (unpaired) electrons. The van der Waals surface area contributed by atoms with Crippen LogP contribution in [0.1, 0.15) is 5.56 Å². The second-order valence-electron chi connectivity index (χ2n) is 4.60. The summed E-state index contributed by atoms with van der Waals surface area (Å²) >= 11 is 0. The Kier molecular flexibility index (Phi) is 5.10. The van der Waals surface area contributed by atoms with Crippen LogP contribution in [0.5, 0.6) is 0 Å². The first-order chi connectivity index (χ1) is 10.2. The van der Waals surface area contributed by atoms with E-state index in [2.05, 4.69) is 17.2 Å². The topological polar surface area (TPSA) is 41.1 Å². The van der Waals surface area contributed by atoms with Gasteiger partial charge in [-0.3, -0.25) is 4.79 Å². The Morgan fingerprint density at radius 1 is 1.14 bits per heavy atom. The van der Waals surface area contributed by atoms with Gasteiger partial charge in [0.25, 0.3) is 0 Å². The highest BCUT2D eigenvalue weighted by Crippen LogP contribution is 2.14. The van der Waals surface area contributed by atoms with Crippen LogP contribution in [0.2, 0.25) is 0 Å². The zero-order chi connectivity index (χ0) is 15.1. The van der Waals surface area contributed by atoms with Crippen molar-refractivity contribution in [2.24, 2.45) is 0 Å². The number of benzene rings is 2. The summed E-state index contributed by atoms with van der Waals surface area (Å²) in [7, 11) is 0. The maximum Gasteiger partial charge on any atom is 0.228 e. The standard InChI is InChI=1S/C17H17FN2O/c1-2-10-19-15-6-8-16(9-7-15)20-17(21)12-13-4-3-5-14(18)11-13/h2-9,11,19H,1,10,12H2,(H,20,21). The van der Waals surface area contributed by atoms with Crippen molar-refractivity contribution in [3.63, 3.8) is 0 Å². The van der Waals surface area contributed by atoms with Gasteiger partial charge in [-0.2, -0.15) is 0 Å². The van der Waals surface area contributed by atoms with Gasteiger partial charge in [-0.25, -0.2) is 4.39 Å². The number of amides is 1. The third-order valence-corrected chi connectivity index (χ3v) is 2.87. The summed E-state index contributed by atoms with van der Waals surface area (Å²) in [6, 6.07) is 13.4. The lowest BCUT2D eigenvalue weighted by atomic mass is 10.1. The number of hydrogen-bond acceptors (Lipinski definition) is 2. The highest BCUT2D eigenvalue weighted by Gasteiger charge is 2.05. The summed E-state index contributed by atoms with van der Waals surface area (Å²) in [5.41, 5.74) is 2.32. The molecule has 0 spiro atoms. The first kappa shape index (κ1) is 14.8. The number of nitrogens with one attached hydrogen (secondary N) is 2. The molecule has 21 heavy (non-hydrogen) atoms. The average Bonchev–Trinajstić information content (AvgIpc) is 2.46. The molecule has 2 aromatic rings. The molecule has 0 aliphatic rings. The Morgan fingerprint density at radius 2 is 1.86 bits per heavy atom. The van der Waals surface area contributed by atoms with E-state index in [1.165, 1.54) is 12.1 Å². The smallest absolute Gasteiger partial charge is 0.228 e. The van der Waals surface area contributed by atoms with Crippen LogP contribution in [0.15, 0.2) is 61.2 Å². The van der Waals surface area contributed by atoms with E-state index in [0.717, 1.165) is 5.69 Å². The minimum absolute atomic E-state index is 0.147. The largest absolute Gasteiger partial charge is 0.382 e. The number of halogens is 1. The minimum Gasteiger partial charge on any atom is -0.382 e. The van der Waals surface area contributed by atoms with Gasteiger partial charge in [0.05, 0.1) is 6.42 Å². The van der Waals surface area contributed by atoms with Gasteiger partial charge in [-0.05, 0) is 42.0 Å². The Hall–Kier alpha value is -2.62. The zero-order valence-electron chi connectivity index (χ0n) is 11.6. The van der Waals surface area contributed by atoms with E-state index in [0.29, 0.717) is 17.8 Å². The van der Waals surface area contributed by atoms with Crippen molar-refractivity contribution in [3.05, 3.63) is 72.6 Å². The van der Waals surface area contributed by atoms with Crippen molar-refractivity contribution in [3.8, 4) is 0 Å². The van der Waals surface area contributed by atoms with E-state index >= 15 is 0 Å². The molecular weight excluding hydrogens is 267 g/mol. The fourth-order valence-corrected chi connectivity index (χ4v) is 1.90. The van der Waals surface area contributed by atoms with E-state index < -0.39 is 0 Å². The van der Waals surface area contributed by atoms with Gasteiger partial charge >= 0.3 is 0 Å². The number of hydrogen-bond donors (Lipinski definition) is 2. The molecular formula is C17H17FN2O. The fraction of sp³-hybridized carbons (Fsp3) is 0.118. The Bertz CT molecular complexity index is 623. The molecule has 0 aliphatic heterocycles. The number of anilines is 2. The molecule has 0 saturated heterocycles. The van der Waals surface area contributed by atoms with Gasteiger partial charge in [0.15, 0.2) is 0 Å². The second kappa shape index (κ2) is 7.24. The van der Waals surface area contributed by atoms with Crippen LogP contribution in [0, 0.1) is 5.82 Å². The van der Waals surface area contributed by atoms with E-state index in [4.69, 9.17) is 0 Å². The van der Waals surface area contributed by atoms with Crippen LogP contribution >= 0.6 is 0 Å². The predicted molar refractivity (Wildman–Crippen MR) is 83.9 cm³/mol. The molecule has 0 bridgehead atoms. The molecule has 4 heteroatoms. The van der Waals surface area contributed by atoms with E-state index in [-0.39, 0.29) is 18.1 Å². The molecule has 0 saturated carbocycles. The third-order valence-electron chi connectivity index (χ3n) is 2.87. The van der Waals surface area contributed by atoms with Crippen molar-refractivity contribution in [2.45, 2.75) is 6.42 Å². The predicted octanol–water partition coefficient (Wildman–Crippen LogP) is 3.60. The Balaban J connectivity index is 1.91. The average molecular weight is 284 g/mol. The van der Waals surface area contributed by atoms with Crippen molar-refractivity contribution in [1.29, 1.82) is 0 Å². The normalized spacial score (nSPS) is 9.95. The lowest BCUT2D eigenvalue weighted by Crippen LogP contribution is -2.14. The second-order valence-corrected chi connectivity index (χ2v) is 4.60. The summed E-state index contributed by atoms with van der Waals surface area (Å²) in [5.74, 6) is -0.509. The molecule has 2 rings (SSSR count). The first-order valence-electron chi connectivity index (χ1n) is 6.66. The molecule has 0 aromatic heterocycles. The van der Waals surface area contributed by atoms with E-state index in [1.54, 1.807) is 18.2 Å². The Morgan fingerprint density at radius 3 is 2.52 bits per heavy atom. The van der Waals surface area contributed by atoms with Crippen molar-refractivity contribution in [2.75, 3.05) is 17.2 Å². The summed E-state index contributed by atoms with van der Waals surface area (Å²) < 4.78 is 13.0. The van der Waals surface area contributed by atoms with Crippen LogP contribution in [-0.4, -0.2) is 12.5 Å². The van der Waals surface area contributed by atoms with Gasteiger partial charge in [0.1, 0.15) is 5.82 Å². The molecule has 0 fully saturated rings. The number of rotatable bonds is 6. The molecule has 0 aliphatic carbocycles. The highest BCUT2D eigenvalue weighted by atomic mass is 19.1. The third kappa shape index (κ3) is 4.76. The fourth-order valence-electron chi connectivity index (χ4n) is 1.90. The van der Waals surface area contributed by atoms with Gasteiger partial charge in [-0.15, -0.1) is 6.58 Å². The maximum atomic E-state index is 13.0. The number of carbonyl (C=O) groups is 1. The highest BCUT2D eigenvalue weighted by molar-refractivity contribution is 5.92. The van der Waals surface area contributed by atoms with Crippen molar-refractivity contribution < 1.29 is 9.18 Å². The van der Waals surface area contributed by atoms with E-state index in [1.807, 2.05) is 24.3 Å². The molecule has 108 valence electrons. The Labute approximate surface area is 123 Å². The molecule has 1 amide bonds. The van der Waals surface area contributed by atoms with Gasteiger partial charge in [-0.1, -0.05) is 18.2 Å². The van der Waals surface area contributed by atoms with Gasteiger partial charge < -0.3 is 10.6 Å². The number of carbonyl (C=O) groups excluding carboxylic acids is 1. The zero-order valence-corrected chi connectivity index (χ0v) is 11.6. The molecule has 0 atom stereocenters.